The lowest BCUT2D eigenvalue weighted by Gasteiger charge is -2.05. The number of halogens is 1. The van der Waals surface area contributed by atoms with E-state index >= 15 is 0 Å². The Morgan fingerprint density at radius 2 is 2.19 bits per heavy atom. The van der Waals surface area contributed by atoms with Gasteiger partial charge in [0, 0.05) is 18.3 Å². The summed E-state index contributed by atoms with van der Waals surface area (Å²) in [7, 11) is 1.74. The van der Waals surface area contributed by atoms with Crippen LogP contribution in [0.15, 0.2) is 24.3 Å². The number of aryl methyl sites for hydroxylation is 1. The van der Waals surface area contributed by atoms with E-state index in [4.69, 9.17) is 11.6 Å². The standard InChI is InChI=1S/C11H8ClN7OS/c1-19-8(14-17-18-19)6-3-2-4-7(5-6)13-9(20)10-15-16-11(12)21-10/h2-5H,1H3,(H,13,20). The van der Waals surface area contributed by atoms with Crippen molar-refractivity contribution >= 4 is 34.5 Å². The molecule has 0 aliphatic heterocycles. The molecule has 2 aromatic heterocycles. The Bertz CT molecular complexity index is 799. The average molecular weight is 322 g/mol. The third kappa shape index (κ3) is 2.88. The molecule has 1 amide bonds. The third-order valence-electron chi connectivity index (χ3n) is 2.59. The summed E-state index contributed by atoms with van der Waals surface area (Å²) < 4.78 is 1.77. The molecule has 0 aliphatic carbocycles. The van der Waals surface area contributed by atoms with Crippen molar-refractivity contribution in [1.82, 2.24) is 30.4 Å². The highest BCUT2D eigenvalue weighted by Gasteiger charge is 2.13. The van der Waals surface area contributed by atoms with Gasteiger partial charge in [-0.3, -0.25) is 4.79 Å². The van der Waals surface area contributed by atoms with Gasteiger partial charge in [0.1, 0.15) is 0 Å². The third-order valence-corrected chi connectivity index (χ3v) is 3.61. The molecule has 0 aliphatic rings. The maximum Gasteiger partial charge on any atom is 0.286 e. The number of aromatic nitrogens is 6. The highest BCUT2D eigenvalue weighted by Crippen LogP contribution is 2.21. The number of nitrogens with one attached hydrogen (secondary N) is 1. The number of tetrazole rings is 1. The van der Waals surface area contributed by atoms with Gasteiger partial charge in [-0.25, -0.2) is 4.68 Å². The fraction of sp³-hybridized carbons (Fsp3) is 0.0909. The highest BCUT2D eigenvalue weighted by molar-refractivity contribution is 7.17. The summed E-state index contributed by atoms with van der Waals surface area (Å²) in [5, 5.41) is 21.5. The van der Waals surface area contributed by atoms with Crippen LogP contribution in [0.4, 0.5) is 5.69 Å². The van der Waals surface area contributed by atoms with Gasteiger partial charge >= 0.3 is 0 Å². The lowest BCUT2D eigenvalue weighted by molar-refractivity contribution is 0.102. The summed E-state index contributed by atoms with van der Waals surface area (Å²) in [6, 6.07) is 7.18. The van der Waals surface area contributed by atoms with Crippen LogP contribution in [0.2, 0.25) is 4.47 Å². The molecule has 8 nitrogen and oxygen atoms in total. The summed E-state index contributed by atoms with van der Waals surface area (Å²) >= 11 is 6.67. The lowest BCUT2D eigenvalue weighted by atomic mass is 10.2. The van der Waals surface area contributed by atoms with Crippen LogP contribution in [0.3, 0.4) is 0 Å². The second kappa shape index (κ2) is 5.54. The fourth-order valence-electron chi connectivity index (χ4n) is 1.69. The van der Waals surface area contributed by atoms with Gasteiger partial charge in [-0.05, 0) is 34.2 Å². The first-order valence-electron chi connectivity index (χ1n) is 5.76. The number of rotatable bonds is 3. The molecule has 1 aromatic carbocycles. The second-order valence-electron chi connectivity index (χ2n) is 4.02. The molecule has 10 heteroatoms. The molecule has 21 heavy (non-hydrogen) atoms. The van der Waals surface area contributed by atoms with Crippen molar-refractivity contribution in [1.29, 1.82) is 0 Å². The topological polar surface area (TPSA) is 98.5 Å². The number of benzene rings is 1. The van der Waals surface area contributed by atoms with E-state index < -0.39 is 0 Å². The van der Waals surface area contributed by atoms with E-state index in [1.807, 2.05) is 6.07 Å². The minimum absolute atomic E-state index is 0.200. The Labute approximate surface area is 127 Å². The molecule has 0 bridgehead atoms. The molecule has 2 heterocycles. The number of carbonyl (C=O) groups is 1. The predicted molar refractivity (Wildman–Crippen MR) is 77.1 cm³/mol. The van der Waals surface area contributed by atoms with Crippen molar-refractivity contribution in [3.8, 4) is 11.4 Å². The zero-order valence-corrected chi connectivity index (χ0v) is 12.3. The van der Waals surface area contributed by atoms with Gasteiger partial charge in [0.15, 0.2) is 5.82 Å². The van der Waals surface area contributed by atoms with Crippen LogP contribution in [-0.4, -0.2) is 36.3 Å². The number of hydrogen-bond acceptors (Lipinski definition) is 7. The van der Waals surface area contributed by atoms with Gasteiger partial charge < -0.3 is 5.32 Å². The lowest BCUT2D eigenvalue weighted by Crippen LogP contribution is -2.11. The molecule has 3 rings (SSSR count). The van der Waals surface area contributed by atoms with E-state index in [0.717, 1.165) is 16.9 Å². The van der Waals surface area contributed by atoms with Crippen molar-refractivity contribution < 1.29 is 4.79 Å². The highest BCUT2D eigenvalue weighted by atomic mass is 35.5. The molecule has 0 spiro atoms. The van der Waals surface area contributed by atoms with Gasteiger partial charge in [0.2, 0.25) is 9.47 Å². The molecule has 0 fully saturated rings. The molecule has 3 aromatic rings. The first kappa shape index (κ1) is 13.6. The van der Waals surface area contributed by atoms with E-state index in [0.29, 0.717) is 11.5 Å². The summed E-state index contributed by atoms with van der Waals surface area (Å²) in [6.45, 7) is 0. The normalized spacial score (nSPS) is 10.6. The van der Waals surface area contributed by atoms with Crippen LogP contribution in [0, 0.1) is 0 Å². The quantitative estimate of drug-likeness (QED) is 0.787. The Morgan fingerprint density at radius 3 is 2.86 bits per heavy atom. The van der Waals surface area contributed by atoms with Crippen molar-refractivity contribution in [3.63, 3.8) is 0 Å². The Hall–Kier alpha value is -2.39. The van der Waals surface area contributed by atoms with E-state index in [9.17, 15) is 4.79 Å². The van der Waals surface area contributed by atoms with Crippen LogP contribution in [-0.2, 0) is 7.05 Å². The summed E-state index contributed by atoms with van der Waals surface area (Å²) in [5.41, 5.74) is 1.39. The van der Waals surface area contributed by atoms with Crippen LogP contribution >= 0.6 is 22.9 Å². The SMILES string of the molecule is Cn1nnnc1-c1cccc(NC(=O)c2nnc(Cl)s2)c1. The molecular weight excluding hydrogens is 314 g/mol. The number of hydrogen-bond donors (Lipinski definition) is 1. The molecular formula is C11H8ClN7OS. The van der Waals surface area contributed by atoms with Crippen molar-refractivity contribution in [2.75, 3.05) is 5.32 Å². The fourth-order valence-corrected chi connectivity index (χ4v) is 2.42. The molecule has 0 saturated carbocycles. The zero-order chi connectivity index (χ0) is 14.8. The second-order valence-corrected chi connectivity index (χ2v) is 5.58. The number of nitrogens with zero attached hydrogens (tertiary/aromatic N) is 6. The first-order valence-corrected chi connectivity index (χ1v) is 6.96. The van der Waals surface area contributed by atoms with Crippen LogP contribution in [0.25, 0.3) is 11.4 Å². The van der Waals surface area contributed by atoms with Gasteiger partial charge in [0.25, 0.3) is 5.91 Å². The van der Waals surface area contributed by atoms with Crippen LogP contribution in [0.1, 0.15) is 9.80 Å². The monoisotopic (exact) mass is 321 g/mol. The Kier molecular flexibility index (Phi) is 3.59. The number of carbonyl (C=O) groups excluding carboxylic acids is 1. The van der Waals surface area contributed by atoms with Crippen LogP contribution < -0.4 is 5.32 Å². The number of anilines is 1. The summed E-state index contributed by atoms with van der Waals surface area (Å²) in [4.78, 5) is 12.0. The Morgan fingerprint density at radius 1 is 1.33 bits per heavy atom. The largest absolute Gasteiger partial charge is 0.320 e. The molecule has 1 N–H and O–H groups in total. The first-order chi connectivity index (χ1) is 10.1. The molecule has 0 radical (unpaired) electrons. The molecule has 0 saturated heterocycles. The van der Waals surface area contributed by atoms with Gasteiger partial charge in [-0.15, -0.1) is 15.3 Å². The molecule has 0 unspecified atom stereocenters. The summed E-state index contributed by atoms with van der Waals surface area (Å²) in [6.07, 6.45) is 0. The minimum Gasteiger partial charge on any atom is -0.320 e. The Balaban J connectivity index is 1.84. The van der Waals surface area contributed by atoms with Crippen molar-refractivity contribution in [3.05, 3.63) is 33.7 Å². The van der Waals surface area contributed by atoms with Gasteiger partial charge in [0.05, 0.1) is 0 Å². The predicted octanol–water partition coefficient (Wildman–Crippen LogP) is 1.63. The van der Waals surface area contributed by atoms with E-state index in [1.165, 1.54) is 0 Å². The average Bonchev–Trinajstić information content (AvgIpc) is 3.08. The summed E-state index contributed by atoms with van der Waals surface area (Å²) in [5.74, 6) is 0.234. The minimum atomic E-state index is -0.368. The maximum absolute atomic E-state index is 12.0. The van der Waals surface area contributed by atoms with Crippen LogP contribution in [0.5, 0.6) is 0 Å². The molecule has 0 atom stereocenters. The van der Waals surface area contributed by atoms with E-state index in [-0.39, 0.29) is 15.4 Å². The molecule has 106 valence electrons. The number of amides is 1. The smallest absolute Gasteiger partial charge is 0.286 e. The van der Waals surface area contributed by atoms with E-state index in [1.54, 1.807) is 29.9 Å². The van der Waals surface area contributed by atoms with Crippen molar-refractivity contribution in [2.24, 2.45) is 7.05 Å². The maximum atomic E-state index is 12.0. The van der Waals surface area contributed by atoms with Gasteiger partial charge in [-0.2, -0.15) is 0 Å². The van der Waals surface area contributed by atoms with E-state index in [2.05, 4.69) is 31.0 Å². The zero-order valence-electron chi connectivity index (χ0n) is 10.7. The van der Waals surface area contributed by atoms with Gasteiger partial charge in [-0.1, -0.05) is 23.5 Å². The van der Waals surface area contributed by atoms with Crippen molar-refractivity contribution in [2.45, 2.75) is 0 Å².